The number of hydrogen-bond donors (Lipinski definition) is 1. The van der Waals surface area contributed by atoms with Crippen LogP contribution in [-0.4, -0.2) is 66.7 Å². The Bertz CT molecular complexity index is 920. The van der Waals surface area contributed by atoms with Crippen LogP contribution in [0.5, 0.6) is 0 Å². The molecule has 0 unspecified atom stereocenters. The highest BCUT2D eigenvalue weighted by atomic mass is 16.5. The first-order valence-corrected chi connectivity index (χ1v) is 12.4. The van der Waals surface area contributed by atoms with Gasteiger partial charge in [0.05, 0.1) is 12.1 Å². The van der Waals surface area contributed by atoms with E-state index < -0.39 is 0 Å². The van der Waals surface area contributed by atoms with Crippen molar-refractivity contribution in [3.63, 3.8) is 0 Å². The van der Waals surface area contributed by atoms with Gasteiger partial charge in [-0.25, -0.2) is 4.79 Å². The van der Waals surface area contributed by atoms with Gasteiger partial charge in [0.2, 0.25) is 5.91 Å². The quantitative estimate of drug-likeness (QED) is 0.765. The van der Waals surface area contributed by atoms with Crippen molar-refractivity contribution >= 4 is 11.9 Å². The first-order valence-electron chi connectivity index (χ1n) is 12.4. The van der Waals surface area contributed by atoms with Crippen molar-refractivity contribution in [3.8, 4) is 0 Å². The monoisotopic (exact) mass is 449 g/mol. The van der Waals surface area contributed by atoms with Gasteiger partial charge in [-0.2, -0.15) is 0 Å². The molecule has 3 aliphatic heterocycles. The van der Waals surface area contributed by atoms with Crippen LogP contribution >= 0.6 is 0 Å². The van der Waals surface area contributed by atoms with Gasteiger partial charge >= 0.3 is 6.03 Å². The number of nitrogens with one attached hydrogen (secondary N) is 1. The zero-order valence-corrected chi connectivity index (χ0v) is 19.5. The number of urea groups is 1. The number of carbonyl (C=O) groups is 2. The molecule has 1 aromatic rings. The third kappa shape index (κ3) is 4.86. The van der Waals surface area contributed by atoms with Crippen LogP contribution < -0.4 is 5.32 Å². The van der Waals surface area contributed by atoms with Gasteiger partial charge in [0.1, 0.15) is 6.61 Å². The Labute approximate surface area is 196 Å². The smallest absolute Gasteiger partial charge is 0.320 e. The number of piperidine rings is 2. The van der Waals surface area contributed by atoms with Crippen molar-refractivity contribution in [2.24, 2.45) is 11.8 Å². The molecule has 0 spiro atoms. The van der Waals surface area contributed by atoms with Crippen molar-refractivity contribution in [2.45, 2.75) is 50.7 Å². The highest BCUT2D eigenvalue weighted by Crippen LogP contribution is 2.42. The Hall–Kier alpha value is -2.60. The van der Waals surface area contributed by atoms with Gasteiger partial charge < -0.3 is 19.9 Å². The number of benzene rings is 1. The summed E-state index contributed by atoms with van der Waals surface area (Å²) in [6.07, 6.45) is 10.9. The summed E-state index contributed by atoms with van der Waals surface area (Å²) in [5, 5.41) is 3.00. The van der Waals surface area contributed by atoms with Crippen LogP contribution in [-0.2, 0) is 9.53 Å². The summed E-state index contributed by atoms with van der Waals surface area (Å²) in [6, 6.07) is 11.0. The van der Waals surface area contributed by atoms with Crippen LogP contribution in [0.1, 0.15) is 44.1 Å². The van der Waals surface area contributed by atoms with Crippen LogP contribution in [0, 0.1) is 11.8 Å². The molecule has 3 heterocycles. The molecule has 6 heteroatoms. The number of rotatable bonds is 3. The third-order valence-electron chi connectivity index (χ3n) is 7.82. The zero-order valence-electron chi connectivity index (χ0n) is 19.5. The van der Waals surface area contributed by atoms with Crippen molar-refractivity contribution in [1.82, 2.24) is 15.1 Å². The standard InChI is InChI=1S/C27H35N3O3/c1-19-6-5-9-22(16-19)26(20-7-3-2-4-8-20)21-10-13-29(14-11-21)27(32)30-15-12-24-23(17-30)28-25(31)18-33-24/h2-8,16,21-24,26H,9-15,17-18H2,1H3,(H,28,31)/t22-,23+,24-,26-/m0/s1. The largest absolute Gasteiger partial charge is 0.366 e. The number of morpholine rings is 1. The van der Waals surface area contributed by atoms with Gasteiger partial charge in [0, 0.05) is 26.2 Å². The maximum Gasteiger partial charge on any atom is 0.320 e. The summed E-state index contributed by atoms with van der Waals surface area (Å²) in [6.45, 7) is 5.16. The predicted octanol–water partition coefficient (Wildman–Crippen LogP) is 3.71. The van der Waals surface area contributed by atoms with E-state index in [1.54, 1.807) is 0 Å². The Balaban J connectivity index is 1.23. The number of hydrogen-bond acceptors (Lipinski definition) is 3. The summed E-state index contributed by atoms with van der Waals surface area (Å²) in [5.41, 5.74) is 2.77. The van der Waals surface area contributed by atoms with Crippen LogP contribution in [0.25, 0.3) is 0 Å². The molecule has 6 nitrogen and oxygen atoms in total. The average Bonchev–Trinajstić information content (AvgIpc) is 2.84. The fraction of sp³-hybridized carbons (Fsp3) is 0.556. The maximum atomic E-state index is 13.3. The van der Waals surface area contributed by atoms with Gasteiger partial charge in [0.25, 0.3) is 0 Å². The molecular weight excluding hydrogens is 414 g/mol. The minimum Gasteiger partial charge on any atom is -0.366 e. The second-order valence-corrected chi connectivity index (χ2v) is 10.0. The minimum atomic E-state index is -0.0849. The normalized spacial score (nSPS) is 29.2. The lowest BCUT2D eigenvalue weighted by molar-refractivity contribution is -0.139. The molecule has 33 heavy (non-hydrogen) atoms. The first-order chi connectivity index (χ1) is 16.1. The molecular formula is C27H35N3O3. The molecule has 3 saturated heterocycles. The lowest BCUT2D eigenvalue weighted by Gasteiger charge is -2.44. The molecule has 1 aromatic carbocycles. The van der Waals surface area contributed by atoms with Crippen LogP contribution in [0.3, 0.4) is 0 Å². The minimum absolute atomic E-state index is 0.0326. The summed E-state index contributed by atoms with van der Waals surface area (Å²) in [7, 11) is 0. The van der Waals surface area contributed by atoms with E-state index in [1.165, 1.54) is 11.1 Å². The molecule has 3 fully saturated rings. The number of fused-ring (bicyclic) bond motifs is 1. The fourth-order valence-corrected chi connectivity index (χ4v) is 6.19. The van der Waals surface area contributed by atoms with E-state index in [0.29, 0.717) is 30.8 Å². The first kappa shape index (κ1) is 22.2. The fourth-order valence-electron chi connectivity index (χ4n) is 6.19. The maximum absolute atomic E-state index is 13.3. The number of ether oxygens (including phenoxy) is 1. The molecule has 0 radical (unpaired) electrons. The number of amides is 3. The Kier molecular flexibility index (Phi) is 6.54. The highest BCUT2D eigenvalue weighted by molar-refractivity contribution is 5.79. The van der Waals surface area contributed by atoms with Crippen LogP contribution in [0.15, 0.2) is 54.1 Å². The average molecular weight is 450 g/mol. The van der Waals surface area contributed by atoms with E-state index in [4.69, 9.17) is 4.74 Å². The van der Waals surface area contributed by atoms with Gasteiger partial charge in [0.15, 0.2) is 0 Å². The summed E-state index contributed by atoms with van der Waals surface area (Å²) < 4.78 is 5.64. The predicted molar refractivity (Wildman–Crippen MR) is 128 cm³/mol. The van der Waals surface area contributed by atoms with Gasteiger partial charge in [-0.3, -0.25) is 4.79 Å². The van der Waals surface area contributed by atoms with Crippen molar-refractivity contribution in [3.05, 3.63) is 59.7 Å². The molecule has 4 atom stereocenters. The van der Waals surface area contributed by atoms with Crippen molar-refractivity contribution in [2.75, 3.05) is 32.8 Å². The molecule has 176 valence electrons. The van der Waals surface area contributed by atoms with Crippen LogP contribution in [0.2, 0.25) is 0 Å². The van der Waals surface area contributed by atoms with E-state index in [-0.39, 0.29) is 30.7 Å². The Morgan fingerprint density at radius 3 is 2.61 bits per heavy atom. The highest BCUT2D eigenvalue weighted by Gasteiger charge is 2.39. The summed E-state index contributed by atoms with van der Waals surface area (Å²) in [5.74, 6) is 1.47. The molecule has 3 amide bonds. The van der Waals surface area contributed by atoms with Gasteiger partial charge in [-0.1, -0.05) is 54.1 Å². The SMILES string of the molecule is CC1=C[C@@H]([C@@H](c2ccccc2)C2CCN(C(=O)N3CC[C@@H]4OCC(=O)N[C@@H]4C3)CC2)CC=C1. The summed E-state index contributed by atoms with van der Waals surface area (Å²) >= 11 is 0. The molecule has 1 N–H and O–H groups in total. The lowest BCUT2D eigenvalue weighted by Crippen LogP contribution is -2.62. The Morgan fingerprint density at radius 1 is 1.09 bits per heavy atom. The van der Waals surface area contributed by atoms with E-state index in [1.807, 2.05) is 9.80 Å². The van der Waals surface area contributed by atoms with Crippen molar-refractivity contribution in [1.29, 1.82) is 0 Å². The lowest BCUT2D eigenvalue weighted by atomic mass is 9.70. The van der Waals surface area contributed by atoms with E-state index in [2.05, 4.69) is 60.8 Å². The molecule has 0 aromatic heterocycles. The second-order valence-electron chi connectivity index (χ2n) is 10.0. The number of allylic oxidation sites excluding steroid dienone is 4. The molecule has 5 rings (SSSR count). The summed E-state index contributed by atoms with van der Waals surface area (Å²) in [4.78, 5) is 28.9. The number of likely N-dealkylation sites (tertiary alicyclic amines) is 2. The molecule has 0 saturated carbocycles. The Morgan fingerprint density at radius 2 is 1.85 bits per heavy atom. The van der Waals surface area contributed by atoms with Gasteiger partial charge in [-0.05, 0) is 55.9 Å². The molecule has 1 aliphatic carbocycles. The number of nitrogens with zero attached hydrogens (tertiary/aromatic N) is 2. The third-order valence-corrected chi connectivity index (χ3v) is 7.82. The second kappa shape index (κ2) is 9.72. The molecule has 0 bridgehead atoms. The molecule has 4 aliphatic rings. The van der Waals surface area contributed by atoms with Crippen molar-refractivity contribution < 1.29 is 14.3 Å². The zero-order chi connectivity index (χ0) is 22.8. The van der Waals surface area contributed by atoms with Crippen LogP contribution in [0.4, 0.5) is 4.79 Å². The topological polar surface area (TPSA) is 61.9 Å². The van der Waals surface area contributed by atoms with E-state index >= 15 is 0 Å². The van der Waals surface area contributed by atoms with E-state index in [9.17, 15) is 9.59 Å². The number of carbonyl (C=O) groups excluding carboxylic acids is 2. The van der Waals surface area contributed by atoms with Gasteiger partial charge in [-0.15, -0.1) is 0 Å². The van der Waals surface area contributed by atoms with E-state index in [0.717, 1.165) is 38.8 Å².